The van der Waals surface area contributed by atoms with Crippen molar-refractivity contribution in [3.05, 3.63) is 34.4 Å². The Morgan fingerprint density at radius 2 is 2.17 bits per heavy atom. The van der Waals surface area contributed by atoms with Crippen LogP contribution in [0.1, 0.15) is 49.2 Å². The predicted molar refractivity (Wildman–Crippen MR) is 97.7 cm³/mol. The van der Waals surface area contributed by atoms with Gasteiger partial charge >= 0.3 is 0 Å². The van der Waals surface area contributed by atoms with Crippen molar-refractivity contribution in [3.8, 4) is 0 Å². The van der Waals surface area contributed by atoms with E-state index in [2.05, 4.69) is 29.1 Å². The van der Waals surface area contributed by atoms with Crippen LogP contribution in [0.2, 0.25) is 0 Å². The molecule has 0 saturated carbocycles. The molecule has 0 radical (unpaired) electrons. The molecule has 0 bridgehead atoms. The van der Waals surface area contributed by atoms with E-state index in [9.17, 15) is 8.42 Å². The smallest absolute Gasteiger partial charge is 0.179 e. The van der Waals surface area contributed by atoms with Crippen LogP contribution in [0.3, 0.4) is 0 Å². The molecule has 0 aromatic carbocycles. The van der Waals surface area contributed by atoms with Gasteiger partial charge in [-0.05, 0) is 30.9 Å². The highest BCUT2D eigenvalue weighted by atomic mass is 32.2. The fourth-order valence-electron chi connectivity index (χ4n) is 3.03. The summed E-state index contributed by atoms with van der Waals surface area (Å²) in [4.78, 5) is 11.6. The van der Waals surface area contributed by atoms with Gasteiger partial charge in [-0.3, -0.25) is 0 Å². The first-order valence-electron chi connectivity index (χ1n) is 8.21. The van der Waals surface area contributed by atoms with Crippen molar-refractivity contribution in [1.29, 1.82) is 0 Å². The number of piperidine rings is 1. The van der Waals surface area contributed by atoms with Crippen LogP contribution in [-0.2, 0) is 9.84 Å². The van der Waals surface area contributed by atoms with Crippen LogP contribution in [0.4, 0.5) is 5.82 Å². The third-order valence-electron chi connectivity index (χ3n) is 4.35. The second kappa shape index (κ2) is 6.80. The summed E-state index contributed by atoms with van der Waals surface area (Å²) in [5, 5.41) is 3.29. The Kier molecular flexibility index (Phi) is 4.92. The minimum absolute atomic E-state index is 0.313. The maximum atomic E-state index is 12.0. The number of nitrogens with zero attached hydrogens (tertiary/aromatic N) is 3. The summed E-state index contributed by atoms with van der Waals surface area (Å²) in [6.07, 6.45) is 5.00. The molecule has 24 heavy (non-hydrogen) atoms. The van der Waals surface area contributed by atoms with E-state index in [0.29, 0.717) is 22.5 Å². The summed E-state index contributed by atoms with van der Waals surface area (Å²) in [5.41, 5.74) is 1.14. The van der Waals surface area contributed by atoms with Crippen molar-refractivity contribution < 1.29 is 8.42 Å². The van der Waals surface area contributed by atoms with E-state index in [0.717, 1.165) is 36.6 Å². The van der Waals surface area contributed by atoms with Crippen LogP contribution in [-0.4, -0.2) is 37.7 Å². The molecule has 1 aliphatic heterocycles. The molecule has 1 fully saturated rings. The third kappa shape index (κ3) is 3.62. The summed E-state index contributed by atoms with van der Waals surface area (Å²) < 4.78 is 24.1. The molecule has 1 saturated heterocycles. The quantitative estimate of drug-likeness (QED) is 0.830. The third-order valence-corrected chi connectivity index (χ3v) is 6.49. The number of aromatic nitrogens is 2. The van der Waals surface area contributed by atoms with Crippen LogP contribution in [0.25, 0.3) is 0 Å². The Morgan fingerprint density at radius 3 is 2.83 bits per heavy atom. The number of hydrogen-bond acceptors (Lipinski definition) is 6. The minimum atomic E-state index is -3.29. The number of rotatable bonds is 4. The van der Waals surface area contributed by atoms with Gasteiger partial charge in [-0.15, -0.1) is 11.3 Å². The first-order valence-corrected chi connectivity index (χ1v) is 11.0. The van der Waals surface area contributed by atoms with Crippen molar-refractivity contribution in [2.45, 2.75) is 43.4 Å². The van der Waals surface area contributed by atoms with Gasteiger partial charge in [0.15, 0.2) is 9.84 Å². The summed E-state index contributed by atoms with van der Waals surface area (Å²) in [7, 11) is -3.29. The van der Waals surface area contributed by atoms with Crippen molar-refractivity contribution >= 4 is 27.0 Å². The highest BCUT2D eigenvalue weighted by Crippen LogP contribution is 2.34. The summed E-state index contributed by atoms with van der Waals surface area (Å²) in [6, 6.07) is 3.32. The molecule has 0 aliphatic carbocycles. The Bertz CT molecular complexity index is 815. The average molecular weight is 366 g/mol. The molecule has 3 heterocycles. The molecular weight excluding hydrogens is 342 g/mol. The van der Waals surface area contributed by atoms with Crippen molar-refractivity contribution in [2.24, 2.45) is 0 Å². The molecule has 7 heteroatoms. The van der Waals surface area contributed by atoms with E-state index in [1.54, 1.807) is 29.7 Å². The maximum Gasteiger partial charge on any atom is 0.179 e. The zero-order valence-electron chi connectivity index (χ0n) is 14.3. The second-order valence-corrected chi connectivity index (χ2v) is 9.52. The number of sulfone groups is 1. The van der Waals surface area contributed by atoms with Crippen LogP contribution in [0.15, 0.2) is 28.6 Å². The number of anilines is 1. The fourth-order valence-corrected chi connectivity index (χ4v) is 4.98. The van der Waals surface area contributed by atoms with E-state index in [1.165, 1.54) is 6.26 Å². The Balaban J connectivity index is 1.86. The van der Waals surface area contributed by atoms with E-state index in [-0.39, 0.29) is 0 Å². The van der Waals surface area contributed by atoms with E-state index in [1.807, 2.05) is 0 Å². The van der Waals surface area contributed by atoms with Gasteiger partial charge in [0.1, 0.15) is 10.7 Å². The molecular formula is C17H23N3O2S2. The molecule has 0 spiro atoms. The molecule has 3 rings (SSSR count). The maximum absolute atomic E-state index is 12.0. The van der Waals surface area contributed by atoms with E-state index in [4.69, 9.17) is 4.98 Å². The molecule has 1 aliphatic rings. The standard InChI is InChI=1S/C17H23N3O2S2/c1-12(2)14-11-23-17(19-14)13-6-5-9-20(10-13)16-15(24(3,21)22)7-4-8-18-16/h4,7-8,11-13H,5-6,9-10H2,1-3H3. The number of pyridine rings is 1. The topological polar surface area (TPSA) is 63.2 Å². The summed E-state index contributed by atoms with van der Waals surface area (Å²) >= 11 is 1.71. The zero-order chi connectivity index (χ0) is 17.3. The summed E-state index contributed by atoms with van der Waals surface area (Å²) in [5.74, 6) is 1.35. The fraction of sp³-hybridized carbons (Fsp3) is 0.529. The molecule has 1 unspecified atom stereocenters. The number of thiazole rings is 1. The Hall–Kier alpha value is -1.47. The van der Waals surface area contributed by atoms with Gasteiger partial charge in [0.25, 0.3) is 0 Å². The number of hydrogen-bond donors (Lipinski definition) is 0. The molecule has 2 aromatic heterocycles. The summed E-state index contributed by atoms with van der Waals surface area (Å²) in [6.45, 7) is 5.90. The van der Waals surface area contributed by atoms with Crippen LogP contribution < -0.4 is 4.90 Å². The largest absolute Gasteiger partial charge is 0.355 e. The monoisotopic (exact) mass is 365 g/mol. The Labute approximate surface area is 147 Å². The molecule has 2 aromatic rings. The van der Waals surface area contributed by atoms with E-state index < -0.39 is 9.84 Å². The first kappa shape index (κ1) is 17.4. The SMILES string of the molecule is CC(C)c1csc(C2CCCN(c3ncccc3S(C)(=O)=O)C2)n1. The lowest BCUT2D eigenvalue weighted by atomic mass is 9.98. The second-order valence-electron chi connectivity index (χ2n) is 6.65. The van der Waals surface area contributed by atoms with Gasteiger partial charge < -0.3 is 4.90 Å². The van der Waals surface area contributed by atoms with Crippen LogP contribution in [0.5, 0.6) is 0 Å². The molecule has 1 atom stereocenters. The molecule has 0 amide bonds. The highest BCUT2D eigenvalue weighted by Gasteiger charge is 2.27. The van der Waals surface area contributed by atoms with Gasteiger partial charge in [-0.25, -0.2) is 18.4 Å². The zero-order valence-corrected chi connectivity index (χ0v) is 15.9. The first-order chi connectivity index (χ1) is 11.4. The van der Waals surface area contributed by atoms with Gasteiger partial charge in [0, 0.05) is 36.8 Å². The van der Waals surface area contributed by atoms with Crippen molar-refractivity contribution in [2.75, 3.05) is 24.2 Å². The van der Waals surface area contributed by atoms with Gasteiger partial charge in [0.2, 0.25) is 0 Å². The molecule has 0 N–H and O–H groups in total. The van der Waals surface area contributed by atoms with Crippen molar-refractivity contribution in [1.82, 2.24) is 9.97 Å². The van der Waals surface area contributed by atoms with Gasteiger partial charge in [0.05, 0.1) is 10.7 Å². The lowest BCUT2D eigenvalue weighted by molar-refractivity contribution is 0.501. The predicted octanol–water partition coefficient (Wildman–Crippen LogP) is 3.45. The molecule has 5 nitrogen and oxygen atoms in total. The van der Waals surface area contributed by atoms with Gasteiger partial charge in [-0.2, -0.15) is 0 Å². The van der Waals surface area contributed by atoms with E-state index >= 15 is 0 Å². The molecule has 130 valence electrons. The normalized spacial score (nSPS) is 19.0. The lowest BCUT2D eigenvalue weighted by Gasteiger charge is -2.33. The lowest BCUT2D eigenvalue weighted by Crippen LogP contribution is -2.35. The average Bonchev–Trinajstić information content (AvgIpc) is 3.04. The highest BCUT2D eigenvalue weighted by molar-refractivity contribution is 7.90. The Morgan fingerprint density at radius 1 is 1.38 bits per heavy atom. The van der Waals surface area contributed by atoms with Gasteiger partial charge in [-0.1, -0.05) is 13.8 Å². The van der Waals surface area contributed by atoms with Crippen LogP contribution in [0, 0.1) is 0 Å². The van der Waals surface area contributed by atoms with Crippen molar-refractivity contribution in [3.63, 3.8) is 0 Å². The van der Waals surface area contributed by atoms with Crippen LogP contribution >= 0.6 is 11.3 Å². The minimum Gasteiger partial charge on any atom is -0.355 e.